The molecule has 3 aromatic rings. The molecule has 1 unspecified atom stereocenters. The number of carbonyl (C=O) groups excluding carboxylic acids is 1. The Morgan fingerprint density at radius 2 is 1.83 bits per heavy atom. The minimum absolute atomic E-state index is 0.176. The van der Waals surface area contributed by atoms with Crippen LogP contribution in [0.4, 0.5) is 5.82 Å². The molecular weight excluding hydrogens is 386 g/mol. The second-order valence-corrected chi connectivity index (χ2v) is 6.60. The summed E-state index contributed by atoms with van der Waals surface area (Å²) in [6, 6.07) is 11.1. The highest BCUT2D eigenvalue weighted by Gasteiger charge is 2.19. The lowest BCUT2D eigenvalue weighted by atomic mass is 10.0. The van der Waals surface area contributed by atoms with Crippen molar-refractivity contribution in [3.63, 3.8) is 0 Å². The first-order valence-corrected chi connectivity index (χ1v) is 9.32. The molecule has 0 spiro atoms. The van der Waals surface area contributed by atoms with Crippen molar-refractivity contribution in [2.75, 3.05) is 19.0 Å². The number of aromatic nitrogens is 3. The quantitative estimate of drug-likeness (QED) is 0.594. The van der Waals surface area contributed by atoms with Crippen LogP contribution in [-0.2, 0) is 4.79 Å². The van der Waals surface area contributed by atoms with Crippen LogP contribution in [0.2, 0.25) is 0 Å². The van der Waals surface area contributed by atoms with Gasteiger partial charge in [0.2, 0.25) is 5.89 Å². The highest BCUT2D eigenvalue weighted by molar-refractivity contribution is 5.94. The summed E-state index contributed by atoms with van der Waals surface area (Å²) in [5.74, 6) is 1.70. The Bertz CT molecular complexity index is 952. The van der Waals surface area contributed by atoms with E-state index in [0.29, 0.717) is 23.7 Å². The first-order chi connectivity index (χ1) is 14.4. The molecule has 0 saturated carbocycles. The second-order valence-electron chi connectivity index (χ2n) is 6.60. The van der Waals surface area contributed by atoms with E-state index in [9.17, 15) is 4.79 Å². The maximum absolute atomic E-state index is 12.5. The van der Waals surface area contributed by atoms with Gasteiger partial charge < -0.3 is 19.8 Å². The van der Waals surface area contributed by atoms with Gasteiger partial charge in [-0.1, -0.05) is 24.2 Å². The third kappa shape index (κ3) is 5.87. The molecule has 1 atom stereocenters. The first kappa shape index (κ1) is 22.5. The van der Waals surface area contributed by atoms with Crippen LogP contribution in [0.1, 0.15) is 41.5 Å². The number of hydrogen-bond donors (Lipinski definition) is 2. The van der Waals surface area contributed by atoms with Crippen molar-refractivity contribution in [1.29, 1.82) is 0 Å². The van der Waals surface area contributed by atoms with Crippen LogP contribution in [0.5, 0.6) is 0 Å². The van der Waals surface area contributed by atoms with Crippen molar-refractivity contribution in [3.8, 4) is 11.1 Å². The molecule has 0 aliphatic heterocycles. The van der Waals surface area contributed by atoms with Gasteiger partial charge >= 0.3 is 0 Å². The number of amides is 1. The molecule has 1 aromatic carbocycles. The van der Waals surface area contributed by atoms with Crippen molar-refractivity contribution in [3.05, 3.63) is 59.9 Å². The summed E-state index contributed by atoms with van der Waals surface area (Å²) in [5.41, 5.74) is 2.58. The Kier molecular flexibility index (Phi) is 8.04. The number of rotatable bonds is 6. The van der Waals surface area contributed by atoms with Gasteiger partial charge in [0, 0.05) is 31.4 Å². The molecule has 0 saturated heterocycles. The molecule has 2 aromatic heterocycles. The molecule has 9 nitrogen and oxygen atoms in total. The molecule has 3 rings (SSSR count). The van der Waals surface area contributed by atoms with Crippen LogP contribution < -0.4 is 10.2 Å². The predicted octanol–water partition coefficient (Wildman–Crippen LogP) is 3.09. The van der Waals surface area contributed by atoms with Gasteiger partial charge in [0.25, 0.3) is 12.4 Å². The van der Waals surface area contributed by atoms with Crippen molar-refractivity contribution in [2.45, 2.75) is 26.3 Å². The van der Waals surface area contributed by atoms with Crippen molar-refractivity contribution in [2.24, 2.45) is 0 Å². The van der Waals surface area contributed by atoms with E-state index in [0.717, 1.165) is 16.9 Å². The molecule has 2 heterocycles. The van der Waals surface area contributed by atoms with Crippen molar-refractivity contribution < 1.29 is 19.2 Å². The maximum atomic E-state index is 12.5. The van der Waals surface area contributed by atoms with Gasteiger partial charge in [0.15, 0.2) is 5.82 Å². The van der Waals surface area contributed by atoms with Gasteiger partial charge in [-0.05, 0) is 43.2 Å². The fourth-order valence-corrected chi connectivity index (χ4v) is 2.67. The number of hydrogen-bond acceptors (Lipinski definition) is 7. The number of benzene rings is 1. The fraction of sp³-hybridized carbons (Fsp3) is 0.286. The molecule has 30 heavy (non-hydrogen) atoms. The van der Waals surface area contributed by atoms with Crippen LogP contribution in [-0.4, -0.2) is 46.7 Å². The number of nitrogens with one attached hydrogen (secondary N) is 1. The third-order valence-corrected chi connectivity index (χ3v) is 4.24. The minimum Gasteiger partial charge on any atom is -0.483 e. The Balaban J connectivity index is 0.00000101. The standard InChI is InChI=1S/C20H23N5O2.CH2O2/c1-5-17(20-22-13(2)24-27-20)23-19(26)15-8-6-14(7-9-15)16-10-11-18(21-12-16)25(3)4;2-1-3/h6-12,17H,5H2,1-4H3,(H,23,26);1H,(H,2,3). The average Bonchev–Trinajstić information content (AvgIpc) is 3.18. The first-order valence-electron chi connectivity index (χ1n) is 9.32. The molecule has 9 heteroatoms. The number of carboxylic acid groups (broad SMARTS) is 1. The largest absolute Gasteiger partial charge is 0.483 e. The highest BCUT2D eigenvalue weighted by atomic mass is 16.5. The summed E-state index contributed by atoms with van der Waals surface area (Å²) < 4.78 is 5.17. The Hall–Kier alpha value is -3.75. The summed E-state index contributed by atoms with van der Waals surface area (Å²) in [6.45, 7) is 3.46. The maximum Gasteiger partial charge on any atom is 0.290 e. The SMILES string of the molecule is CCC(NC(=O)c1ccc(-c2ccc(N(C)C)nc2)cc1)c1nc(C)no1.O=CO. The minimum atomic E-state index is -0.304. The van der Waals surface area contributed by atoms with E-state index < -0.39 is 0 Å². The summed E-state index contributed by atoms with van der Waals surface area (Å²) in [4.78, 5) is 31.5. The van der Waals surface area contributed by atoms with Crippen LogP contribution >= 0.6 is 0 Å². The molecule has 2 N–H and O–H groups in total. The van der Waals surface area contributed by atoms with Gasteiger partial charge in [-0.15, -0.1) is 0 Å². The molecule has 1 amide bonds. The average molecular weight is 411 g/mol. The van der Waals surface area contributed by atoms with E-state index in [1.807, 2.05) is 56.4 Å². The molecule has 0 radical (unpaired) electrons. The van der Waals surface area contributed by atoms with Gasteiger partial charge in [-0.25, -0.2) is 4.98 Å². The van der Waals surface area contributed by atoms with Gasteiger partial charge in [0.05, 0.1) is 0 Å². The van der Waals surface area contributed by atoms with Gasteiger partial charge in [-0.2, -0.15) is 4.98 Å². The van der Waals surface area contributed by atoms with Crippen molar-refractivity contribution >= 4 is 18.2 Å². The van der Waals surface area contributed by atoms with E-state index >= 15 is 0 Å². The zero-order valence-electron chi connectivity index (χ0n) is 17.4. The number of anilines is 1. The molecule has 0 aliphatic rings. The zero-order chi connectivity index (χ0) is 22.1. The number of aryl methyl sites for hydroxylation is 1. The zero-order valence-corrected chi connectivity index (χ0v) is 17.4. The predicted molar refractivity (Wildman–Crippen MR) is 112 cm³/mol. The number of pyridine rings is 1. The van der Waals surface area contributed by atoms with Gasteiger partial charge in [-0.3, -0.25) is 9.59 Å². The van der Waals surface area contributed by atoms with E-state index in [1.165, 1.54) is 0 Å². The lowest BCUT2D eigenvalue weighted by Gasteiger charge is -2.13. The Morgan fingerprint density at radius 3 is 2.30 bits per heavy atom. The second kappa shape index (κ2) is 10.7. The lowest BCUT2D eigenvalue weighted by Crippen LogP contribution is -2.28. The topological polar surface area (TPSA) is 121 Å². The smallest absolute Gasteiger partial charge is 0.290 e. The van der Waals surface area contributed by atoms with Crippen LogP contribution in [0.15, 0.2) is 47.1 Å². The molecule has 0 aliphatic carbocycles. The number of nitrogens with zero attached hydrogens (tertiary/aromatic N) is 4. The summed E-state index contributed by atoms with van der Waals surface area (Å²) in [6.07, 6.45) is 2.49. The fourth-order valence-electron chi connectivity index (χ4n) is 2.67. The normalized spacial score (nSPS) is 11.1. The van der Waals surface area contributed by atoms with E-state index in [4.69, 9.17) is 14.4 Å². The van der Waals surface area contributed by atoms with Gasteiger partial charge in [0.1, 0.15) is 11.9 Å². The Labute approximate surface area is 174 Å². The molecule has 0 bridgehead atoms. The van der Waals surface area contributed by atoms with E-state index in [2.05, 4.69) is 20.4 Å². The molecule has 158 valence electrons. The molecule has 0 fully saturated rings. The third-order valence-electron chi connectivity index (χ3n) is 4.24. The lowest BCUT2D eigenvalue weighted by molar-refractivity contribution is -0.122. The van der Waals surface area contributed by atoms with E-state index in [-0.39, 0.29) is 18.4 Å². The van der Waals surface area contributed by atoms with Crippen LogP contribution in [0.25, 0.3) is 11.1 Å². The van der Waals surface area contributed by atoms with Crippen LogP contribution in [0, 0.1) is 6.92 Å². The summed E-state index contributed by atoms with van der Waals surface area (Å²) in [7, 11) is 3.91. The van der Waals surface area contributed by atoms with E-state index in [1.54, 1.807) is 19.1 Å². The van der Waals surface area contributed by atoms with Crippen molar-refractivity contribution in [1.82, 2.24) is 20.4 Å². The number of carbonyl (C=O) groups is 2. The monoisotopic (exact) mass is 411 g/mol. The van der Waals surface area contributed by atoms with Crippen LogP contribution in [0.3, 0.4) is 0 Å². The highest BCUT2D eigenvalue weighted by Crippen LogP contribution is 2.21. The summed E-state index contributed by atoms with van der Waals surface area (Å²) >= 11 is 0. The molecular formula is C21H25N5O4. The Morgan fingerprint density at radius 1 is 1.20 bits per heavy atom. The summed E-state index contributed by atoms with van der Waals surface area (Å²) in [5, 5.41) is 13.6.